The number of benzene rings is 2. The zero-order valence-electron chi connectivity index (χ0n) is 15.5. The molecule has 0 unspecified atom stereocenters. The van der Waals surface area contributed by atoms with Crippen LogP contribution in [0.25, 0.3) is 0 Å². The van der Waals surface area contributed by atoms with Gasteiger partial charge in [-0.3, -0.25) is 4.57 Å². The minimum atomic E-state index is -5.99. The first-order valence-electron chi connectivity index (χ1n) is 7.90. The Balaban J connectivity index is 2.84. The first-order valence-corrected chi connectivity index (χ1v) is 13.2. The lowest BCUT2D eigenvalue weighted by Crippen LogP contribution is -2.36. The van der Waals surface area contributed by atoms with E-state index in [1.54, 1.807) is 30.3 Å². The van der Waals surface area contributed by atoms with Crippen molar-refractivity contribution in [1.29, 1.82) is 0 Å². The number of hydrogen-bond acceptors (Lipinski definition) is 5. The Kier molecular flexibility index (Phi) is 6.47. The van der Waals surface area contributed by atoms with E-state index >= 15 is 0 Å². The van der Waals surface area contributed by atoms with Crippen molar-refractivity contribution in [3.63, 3.8) is 0 Å². The van der Waals surface area contributed by atoms with Gasteiger partial charge in [-0.1, -0.05) is 36.1 Å². The molecule has 13 heteroatoms. The fraction of sp³-hybridized carbons (Fsp3) is 0.176. The van der Waals surface area contributed by atoms with Gasteiger partial charge in [0.05, 0.1) is 23.8 Å². The van der Waals surface area contributed by atoms with Crippen molar-refractivity contribution >= 4 is 33.3 Å². The maximum Gasteiger partial charge on any atom is 0.399 e. The van der Waals surface area contributed by atoms with Crippen LogP contribution in [0.5, 0.6) is 0 Å². The Morgan fingerprint density at radius 2 is 1.47 bits per heavy atom. The highest BCUT2D eigenvalue weighted by Crippen LogP contribution is 2.59. The molecule has 0 aromatic heterocycles. The molecule has 8 nitrogen and oxygen atoms in total. The normalized spacial score (nSPS) is 12.7. The van der Waals surface area contributed by atoms with Gasteiger partial charge in [0.25, 0.3) is 0 Å². The molecule has 2 rings (SSSR count). The molecule has 30 heavy (non-hydrogen) atoms. The van der Waals surface area contributed by atoms with Gasteiger partial charge in [0.1, 0.15) is 0 Å². The van der Waals surface area contributed by atoms with Crippen molar-refractivity contribution in [2.24, 2.45) is 0 Å². The van der Waals surface area contributed by atoms with Gasteiger partial charge in [-0.2, -0.15) is 12.5 Å². The summed E-state index contributed by atoms with van der Waals surface area (Å²) >= 11 is 0. The van der Waals surface area contributed by atoms with Gasteiger partial charge in [0, 0.05) is 11.1 Å². The minimum Gasteiger partial charge on any atom is -0.320 e. The van der Waals surface area contributed by atoms with Gasteiger partial charge < -0.3 is 9.79 Å². The maximum absolute atomic E-state index is 14.2. The van der Waals surface area contributed by atoms with E-state index < -0.39 is 44.6 Å². The van der Waals surface area contributed by atoms with Crippen molar-refractivity contribution in [3.05, 3.63) is 65.2 Å². The lowest BCUT2D eigenvalue weighted by atomic mass is 10.1. The molecule has 2 aromatic rings. The highest BCUT2D eigenvalue weighted by molar-refractivity contribution is 8.09. The fourth-order valence-corrected chi connectivity index (χ4v) is 5.87. The van der Waals surface area contributed by atoms with Crippen LogP contribution in [0.1, 0.15) is 16.7 Å². The molecule has 0 heterocycles. The molecule has 0 radical (unpaired) electrons. The molecular formula is C17H16F2NO7PS2. The number of sulfonamides is 2. The van der Waals surface area contributed by atoms with Crippen molar-refractivity contribution in [3.8, 4) is 11.8 Å². The van der Waals surface area contributed by atoms with Crippen LogP contribution in [0.3, 0.4) is 0 Å². The Morgan fingerprint density at radius 3 is 1.93 bits per heavy atom. The molecule has 0 aliphatic rings. The molecule has 2 aromatic carbocycles. The van der Waals surface area contributed by atoms with Gasteiger partial charge >= 0.3 is 13.3 Å². The van der Waals surface area contributed by atoms with E-state index in [0.29, 0.717) is 30.2 Å². The minimum absolute atomic E-state index is 0.117. The number of alkyl halides is 2. The molecule has 0 aliphatic heterocycles. The largest absolute Gasteiger partial charge is 0.399 e. The Labute approximate surface area is 172 Å². The van der Waals surface area contributed by atoms with Crippen molar-refractivity contribution in [2.45, 2.75) is 5.66 Å². The van der Waals surface area contributed by atoms with Crippen LogP contribution in [-0.4, -0.2) is 39.1 Å². The second kappa shape index (κ2) is 8.09. The fourth-order valence-electron chi connectivity index (χ4n) is 2.41. The highest BCUT2D eigenvalue weighted by atomic mass is 32.3. The summed E-state index contributed by atoms with van der Waals surface area (Å²) in [6, 6.07) is 10.1. The highest BCUT2D eigenvalue weighted by Gasteiger charge is 2.51. The lowest BCUT2D eigenvalue weighted by molar-refractivity contribution is 0.0565. The SMILES string of the molecule is CS(=O)(=O)N(c1cc(C(F)(F)P(=O)(O)O)ccc1C#Cc1ccccc1)S(C)(=O)=O. The second-order valence-electron chi connectivity index (χ2n) is 6.16. The summed E-state index contributed by atoms with van der Waals surface area (Å²) in [6.45, 7) is 0. The molecule has 0 amide bonds. The summed E-state index contributed by atoms with van der Waals surface area (Å²) in [7, 11) is -15.1. The maximum atomic E-state index is 14.2. The van der Waals surface area contributed by atoms with Crippen molar-refractivity contribution in [1.82, 2.24) is 0 Å². The summed E-state index contributed by atoms with van der Waals surface area (Å²) in [5, 5.41) is 0. The second-order valence-corrected chi connectivity index (χ2v) is 11.7. The number of anilines is 1. The summed E-state index contributed by atoms with van der Waals surface area (Å²) in [4.78, 5) is 17.9. The molecule has 0 atom stereocenters. The van der Waals surface area contributed by atoms with Crippen molar-refractivity contribution < 1.29 is 40.0 Å². The predicted molar refractivity (Wildman–Crippen MR) is 107 cm³/mol. The van der Waals surface area contributed by atoms with E-state index in [1.165, 1.54) is 0 Å². The first kappa shape index (κ1) is 24.0. The Morgan fingerprint density at radius 1 is 0.933 bits per heavy atom. The zero-order chi connectivity index (χ0) is 23.0. The van der Waals surface area contributed by atoms with Crippen LogP contribution in [0.4, 0.5) is 14.5 Å². The van der Waals surface area contributed by atoms with E-state index in [0.717, 1.165) is 6.07 Å². The number of nitrogens with zero attached hydrogens (tertiary/aromatic N) is 1. The van der Waals surface area contributed by atoms with E-state index in [4.69, 9.17) is 9.79 Å². The van der Waals surface area contributed by atoms with E-state index in [-0.39, 0.29) is 9.27 Å². The van der Waals surface area contributed by atoms with Gasteiger partial charge in [-0.25, -0.2) is 16.8 Å². The quantitative estimate of drug-likeness (QED) is 0.496. The Bertz CT molecular complexity index is 1250. The molecular weight excluding hydrogens is 463 g/mol. The number of hydrogen-bond donors (Lipinski definition) is 2. The summed E-state index contributed by atoms with van der Waals surface area (Å²) in [6.07, 6.45) is 1.08. The molecule has 0 aliphatic carbocycles. The van der Waals surface area contributed by atoms with Crippen LogP contribution in [0.15, 0.2) is 48.5 Å². The van der Waals surface area contributed by atoms with Gasteiger partial charge in [-0.15, -0.1) is 0 Å². The van der Waals surface area contributed by atoms with Gasteiger partial charge in [-0.05, 0) is 24.3 Å². The van der Waals surface area contributed by atoms with Gasteiger partial charge in [0.2, 0.25) is 20.0 Å². The number of rotatable bonds is 5. The third-order valence-electron chi connectivity index (χ3n) is 3.63. The number of halogens is 2. The molecule has 0 bridgehead atoms. The van der Waals surface area contributed by atoms with Crippen LogP contribution in [0, 0.1) is 11.8 Å². The predicted octanol–water partition coefficient (Wildman–Crippen LogP) is 2.04. The van der Waals surface area contributed by atoms with E-state index in [2.05, 4.69) is 11.8 Å². The van der Waals surface area contributed by atoms with Crippen molar-refractivity contribution in [2.75, 3.05) is 16.2 Å². The molecule has 0 fully saturated rings. The van der Waals surface area contributed by atoms with E-state index in [1.807, 2.05) is 0 Å². The summed E-state index contributed by atoms with van der Waals surface area (Å²) < 4.78 is 87.9. The Hall–Kier alpha value is -2.29. The molecule has 0 saturated heterocycles. The standard InChI is InChI=1S/C17H16F2NO7PS2/c1-29(24,25)20(30(2,26)27)16-12-15(17(18,19)28(21,22)23)11-10-14(16)9-8-13-6-4-3-5-7-13/h3-7,10-12H,1-2H3,(H2,21,22,23). The van der Waals surface area contributed by atoms with Crippen LogP contribution >= 0.6 is 7.60 Å². The zero-order valence-corrected chi connectivity index (χ0v) is 18.0. The first-order chi connectivity index (χ1) is 13.5. The third-order valence-corrected chi connectivity index (χ3v) is 7.84. The molecule has 0 spiro atoms. The van der Waals surface area contributed by atoms with Crippen LogP contribution < -0.4 is 3.71 Å². The topological polar surface area (TPSA) is 129 Å². The van der Waals surface area contributed by atoms with Gasteiger partial charge in [0.15, 0.2) is 0 Å². The van der Waals surface area contributed by atoms with E-state index in [9.17, 15) is 30.2 Å². The average molecular weight is 479 g/mol. The average Bonchev–Trinajstić information content (AvgIpc) is 2.58. The smallest absolute Gasteiger partial charge is 0.320 e. The monoisotopic (exact) mass is 479 g/mol. The van der Waals surface area contributed by atoms with Crippen LogP contribution in [0.2, 0.25) is 0 Å². The third kappa shape index (κ3) is 5.24. The molecule has 162 valence electrons. The molecule has 2 N–H and O–H groups in total. The summed E-state index contributed by atoms with van der Waals surface area (Å²) in [5.74, 6) is 5.15. The summed E-state index contributed by atoms with van der Waals surface area (Å²) in [5.41, 5.74) is -6.53. The lowest BCUT2D eigenvalue weighted by Gasteiger charge is -2.24. The molecule has 0 saturated carbocycles. The van der Waals surface area contributed by atoms with Crippen LogP contribution in [-0.2, 0) is 30.3 Å².